The van der Waals surface area contributed by atoms with E-state index < -0.39 is 11.5 Å². The van der Waals surface area contributed by atoms with Crippen LogP contribution in [0.3, 0.4) is 0 Å². The van der Waals surface area contributed by atoms with Gasteiger partial charge in [0, 0.05) is 6.54 Å². The predicted octanol–water partition coefficient (Wildman–Crippen LogP) is 0.633. The summed E-state index contributed by atoms with van der Waals surface area (Å²) in [6.45, 7) is -0.408. The second-order valence-electron chi connectivity index (χ2n) is 6.79. The minimum absolute atomic E-state index is 0.0260. The molecule has 2 unspecified atom stereocenters. The molecule has 9 nitrogen and oxygen atoms in total. The highest BCUT2D eigenvalue weighted by Crippen LogP contribution is 2.34. The average Bonchev–Trinajstić information content (AvgIpc) is 2.96. The number of allylic oxidation sites excluding steroid dienone is 2. The first-order valence-corrected chi connectivity index (χ1v) is 9.04. The molecule has 144 valence electrons. The average molecular weight is 382 g/mol. The first kappa shape index (κ1) is 18.0. The lowest BCUT2D eigenvalue weighted by atomic mass is 9.85. The molecule has 2 amide bonds. The number of nitrogens with zero attached hydrogens (tertiary/aromatic N) is 4. The quantitative estimate of drug-likeness (QED) is 0.424. The molecule has 1 fully saturated rings. The fourth-order valence-electron chi connectivity index (χ4n) is 3.61. The van der Waals surface area contributed by atoms with Crippen LogP contribution in [0, 0.1) is 11.8 Å². The number of carbonyl (C=O) groups excluding carboxylic acids is 3. The van der Waals surface area contributed by atoms with E-state index in [2.05, 4.69) is 10.3 Å². The number of imide groups is 1. The molecule has 28 heavy (non-hydrogen) atoms. The standard InChI is InChI=1S/C19H18N4O5/c24-16(9-10-22-17(25)12-5-1-2-6-13(12)18(22)26)28-11-23-19(27)14-7-3-4-8-15(14)20-21-23/h1-4,7-8,12-13H,5-6,9-11H2. The van der Waals surface area contributed by atoms with Gasteiger partial charge in [0.15, 0.2) is 6.73 Å². The molecule has 0 spiro atoms. The van der Waals surface area contributed by atoms with Crippen molar-refractivity contribution in [1.82, 2.24) is 19.9 Å². The van der Waals surface area contributed by atoms with E-state index in [0.717, 1.165) is 9.58 Å². The molecule has 0 radical (unpaired) electrons. The van der Waals surface area contributed by atoms with E-state index in [1.165, 1.54) is 0 Å². The zero-order valence-corrected chi connectivity index (χ0v) is 15.0. The molecule has 1 aromatic carbocycles. The summed E-state index contributed by atoms with van der Waals surface area (Å²) in [5.41, 5.74) is 0.0389. The molecule has 1 aliphatic heterocycles. The highest BCUT2D eigenvalue weighted by atomic mass is 16.5. The molecule has 2 aliphatic rings. The number of likely N-dealkylation sites (tertiary alicyclic amines) is 1. The maximum atomic E-state index is 12.4. The van der Waals surface area contributed by atoms with Crippen molar-refractivity contribution >= 4 is 28.7 Å². The molecule has 1 saturated heterocycles. The third-order valence-corrected chi connectivity index (χ3v) is 5.12. The van der Waals surface area contributed by atoms with E-state index in [1.807, 2.05) is 12.2 Å². The van der Waals surface area contributed by atoms with Crippen LogP contribution in [0.2, 0.25) is 0 Å². The Hall–Kier alpha value is -3.36. The molecule has 9 heteroatoms. The van der Waals surface area contributed by atoms with Gasteiger partial charge in [0.2, 0.25) is 11.8 Å². The van der Waals surface area contributed by atoms with Crippen molar-refractivity contribution in [3.63, 3.8) is 0 Å². The number of hydrogen-bond acceptors (Lipinski definition) is 7. The summed E-state index contributed by atoms with van der Waals surface area (Å²) in [5.74, 6) is -1.73. The van der Waals surface area contributed by atoms with Gasteiger partial charge in [0.1, 0.15) is 5.52 Å². The van der Waals surface area contributed by atoms with E-state index in [4.69, 9.17) is 4.74 Å². The summed E-state index contributed by atoms with van der Waals surface area (Å²) in [6.07, 6.45) is 4.79. The van der Waals surface area contributed by atoms with E-state index in [-0.39, 0.29) is 43.3 Å². The summed E-state index contributed by atoms with van der Waals surface area (Å²) >= 11 is 0. The fourth-order valence-corrected chi connectivity index (χ4v) is 3.61. The van der Waals surface area contributed by atoms with Gasteiger partial charge >= 0.3 is 5.97 Å². The highest BCUT2D eigenvalue weighted by molar-refractivity contribution is 6.05. The number of amides is 2. The topological polar surface area (TPSA) is 111 Å². The van der Waals surface area contributed by atoms with Crippen molar-refractivity contribution in [3.05, 3.63) is 46.8 Å². The van der Waals surface area contributed by atoms with Crippen LogP contribution in [0.1, 0.15) is 19.3 Å². The molecule has 0 saturated carbocycles. The van der Waals surface area contributed by atoms with Gasteiger partial charge < -0.3 is 4.74 Å². The van der Waals surface area contributed by atoms with E-state index in [1.54, 1.807) is 24.3 Å². The summed E-state index contributed by atoms with van der Waals surface area (Å²) < 4.78 is 6.02. The maximum absolute atomic E-state index is 12.4. The third-order valence-electron chi connectivity index (χ3n) is 5.12. The van der Waals surface area contributed by atoms with Gasteiger partial charge in [-0.1, -0.05) is 29.5 Å². The Morgan fingerprint density at radius 1 is 1.07 bits per heavy atom. The second kappa shape index (κ2) is 7.34. The van der Waals surface area contributed by atoms with Gasteiger partial charge in [-0.25, -0.2) is 0 Å². The van der Waals surface area contributed by atoms with Gasteiger partial charge in [-0.2, -0.15) is 4.68 Å². The molecule has 2 atom stereocenters. The number of benzene rings is 1. The van der Waals surface area contributed by atoms with Crippen molar-refractivity contribution in [1.29, 1.82) is 0 Å². The van der Waals surface area contributed by atoms with Crippen LogP contribution < -0.4 is 5.56 Å². The van der Waals surface area contributed by atoms with E-state index in [9.17, 15) is 19.2 Å². The van der Waals surface area contributed by atoms with Crippen LogP contribution in [0.25, 0.3) is 10.9 Å². The van der Waals surface area contributed by atoms with Crippen molar-refractivity contribution in [2.24, 2.45) is 11.8 Å². The summed E-state index contributed by atoms with van der Waals surface area (Å²) in [4.78, 5) is 50.2. The zero-order chi connectivity index (χ0) is 19.7. The molecule has 0 N–H and O–H groups in total. The SMILES string of the molecule is O=C(CCN1C(=O)C2CC=CCC2C1=O)OCn1nnc2ccccc2c1=O. The van der Waals surface area contributed by atoms with Crippen molar-refractivity contribution in [3.8, 4) is 0 Å². The van der Waals surface area contributed by atoms with Crippen molar-refractivity contribution in [2.45, 2.75) is 26.0 Å². The maximum Gasteiger partial charge on any atom is 0.309 e. The Bertz CT molecular complexity index is 1020. The first-order chi connectivity index (χ1) is 13.6. The smallest absolute Gasteiger partial charge is 0.309 e. The number of hydrogen-bond donors (Lipinski definition) is 0. The van der Waals surface area contributed by atoms with Gasteiger partial charge in [-0.05, 0) is 25.0 Å². The molecule has 2 heterocycles. The minimum atomic E-state index is -0.629. The molecule has 0 bridgehead atoms. The van der Waals surface area contributed by atoms with Gasteiger partial charge in [0.25, 0.3) is 5.56 Å². The number of fused-ring (bicyclic) bond motifs is 2. The Kier molecular flexibility index (Phi) is 4.72. The van der Waals surface area contributed by atoms with Crippen LogP contribution in [-0.4, -0.2) is 44.2 Å². The Morgan fingerprint density at radius 2 is 1.75 bits per heavy atom. The first-order valence-electron chi connectivity index (χ1n) is 9.04. The monoisotopic (exact) mass is 382 g/mol. The molecule has 4 rings (SSSR count). The number of aromatic nitrogens is 3. The van der Waals surface area contributed by atoms with Crippen molar-refractivity contribution < 1.29 is 19.1 Å². The summed E-state index contributed by atoms with van der Waals surface area (Å²) in [7, 11) is 0. The predicted molar refractivity (Wildman–Crippen MR) is 96.6 cm³/mol. The molecular weight excluding hydrogens is 364 g/mol. The molecule has 1 aromatic heterocycles. The normalized spacial score (nSPS) is 21.2. The molecule has 2 aromatic rings. The molecular formula is C19H18N4O5. The van der Waals surface area contributed by atoms with Crippen LogP contribution in [0.5, 0.6) is 0 Å². The Balaban J connectivity index is 1.34. The second-order valence-corrected chi connectivity index (χ2v) is 6.79. The summed E-state index contributed by atoms with van der Waals surface area (Å²) in [6, 6.07) is 6.73. The van der Waals surface area contributed by atoms with E-state index >= 15 is 0 Å². The Morgan fingerprint density at radius 3 is 2.46 bits per heavy atom. The zero-order valence-electron chi connectivity index (χ0n) is 15.0. The van der Waals surface area contributed by atoms with Crippen LogP contribution >= 0.6 is 0 Å². The number of esters is 1. The minimum Gasteiger partial charge on any atom is -0.442 e. The fraction of sp³-hybridized carbons (Fsp3) is 0.368. The van der Waals surface area contributed by atoms with Crippen LogP contribution in [0.15, 0.2) is 41.2 Å². The third kappa shape index (κ3) is 3.19. The van der Waals surface area contributed by atoms with Crippen molar-refractivity contribution in [2.75, 3.05) is 6.54 Å². The lowest BCUT2D eigenvalue weighted by Gasteiger charge is -2.14. The summed E-state index contributed by atoms with van der Waals surface area (Å²) in [5, 5.41) is 8.02. The largest absolute Gasteiger partial charge is 0.442 e. The lowest BCUT2D eigenvalue weighted by Crippen LogP contribution is -2.34. The van der Waals surface area contributed by atoms with E-state index in [0.29, 0.717) is 23.7 Å². The number of carbonyl (C=O) groups is 3. The van der Waals surface area contributed by atoms with Gasteiger partial charge in [0.05, 0.1) is 23.6 Å². The van der Waals surface area contributed by atoms with Gasteiger partial charge in [-0.15, -0.1) is 5.10 Å². The Labute approximate surface area is 159 Å². The van der Waals surface area contributed by atoms with Crippen LogP contribution in [0.4, 0.5) is 0 Å². The van der Waals surface area contributed by atoms with Crippen LogP contribution in [-0.2, 0) is 25.9 Å². The van der Waals surface area contributed by atoms with Gasteiger partial charge in [-0.3, -0.25) is 24.1 Å². The molecule has 1 aliphatic carbocycles. The lowest BCUT2D eigenvalue weighted by molar-refractivity contribution is -0.149. The highest BCUT2D eigenvalue weighted by Gasteiger charge is 2.46. The number of ether oxygens (including phenoxy) is 1. The number of rotatable bonds is 5.